The summed E-state index contributed by atoms with van der Waals surface area (Å²) in [5.74, 6) is -1.03. The number of ether oxygens (including phenoxy) is 2. The van der Waals surface area contributed by atoms with E-state index in [1.807, 2.05) is 0 Å². The summed E-state index contributed by atoms with van der Waals surface area (Å²) in [4.78, 5) is 40.6. The predicted molar refractivity (Wildman–Crippen MR) is 118 cm³/mol. The van der Waals surface area contributed by atoms with Crippen molar-refractivity contribution in [2.24, 2.45) is 0 Å². The van der Waals surface area contributed by atoms with Crippen LogP contribution < -0.4 is 11.0 Å². The zero-order valence-corrected chi connectivity index (χ0v) is 17.9. The lowest BCUT2D eigenvalue weighted by Gasteiger charge is -2.17. The molecule has 1 aliphatic rings. The Morgan fingerprint density at radius 1 is 1.06 bits per heavy atom. The van der Waals surface area contributed by atoms with Crippen LogP contribution in [0.1, 0.15) is 26.9 Å². The molecule has 1 fully saturated rings. The molecule has 1 saturated heterocycles. The van der Waals surface area contributed by atoms with E-state index in [2.05, 4.69) is 10.3 Å². The highest BCUT2D eigenvalue weighted by atomic mass is 35.5. The van der Waals surface area contributed by atoms with Crippen molar-refractivity contribution < 1.29 is 23.5 Å². The largest absolute Gasteiger partial charge is 0.459 e. The second-order valence-corrected chi connectivity index (χ2v) is 7.75. The van der Waals surface area contributed by atoms with Crippen molar-refractivity contribution in [3.05, 3.63) is 94.5 Å². The molecule has 0 aliphatic carbocycles. The summed E-state index contributed by atoms with van der Waals surface area (Å²) in [6.07, 6.45) is -2.71. The van der Waals surface area contributed by atoms with E-state index in [9.17, 15) is 18.8 Å². The molecule has 0 bridgehead atoms. The molecule has 4 atom stereocenters. The van der Waals surface area contributed by atoms with E-state index in [4.69, 9.17) is 21.1 Å². The normalized spacial score (nSPS) is 22.0. The number of aromatic nitrogens is 2. The summed E-state index contributed by atoms with van der Waals surface area (Å²) >= 11 is 6.17. The maximum absolute atomic E-state index is 14.7. The van der Waals surface area contributed by atoms with Crippen molar-refractivity contribution >= 4 is 29.3 Å². The molecule has 0 saturated carbocycles. The number of halogens is 2. The summed E-state index contributed by atoms with van der Waals surface area (Å²) in [5.41, 5.74) is -0.0688. The molecule has 0 spiro atoms. The van der Waals surface area contributed by atoms with Gasteiger partial charge in [0.15, 0.2) is 12.4 Å². The van der Waals surface area contributed by atoms with E-state index < -0.39 is 41.4 Å². The van der Waals surface area contributed by atoms with E-state index >= 15 is 0 Å². The monoisotopic (exact) mass is 471 g/mol. The number of hydrogen-bond acceptors (Lipinski definition) is 6. The molecule has 8 nitrogen and oxygen atoms in total. The van der Waals surface area contributed by atoms with Crippen molar-refractivity contribution in [2.75, 3.05) is 11.9 Å². The smallest absolute Gasteiger partial charge is 0.351 e. The highest BCUT2D eigenvalue weighted by Gasteiger charge is 2.46. The predicted octanol–water partition coefficient (Wildman–Crippen LogP) is 3.20. The third kappa shape index (κ3) is 5.10. The van der Waals surface area contributed by atoms with Crippen LogP contribution >= 0.6 is 11.6 Å². The number of esters is 1. The molecule has 1 aliphatic heterocycles. The molecule has 1 amide bonds. The first kappa shape index (κ1) is 22.6. The first-order chi connectivity index (χ1) is 15.9. The lowest BCUT2D eigenvalue weighted by molar-refractivity contribution is -0.0436. The van der Waals surface area contributed by atoms with Crippen LogP contribution in [0.25, 0.3) is 0 Å². The Bertz CT molecular complexity index is 1190. The van der Waals surface area contributed by atoms with Crippen LogP contribution in [0.5, 0.6) is 0 Å². The van der Waals surface area contributed by atoms with E-state index in [0.717, 1.165) is 4.57 Å². The highest BCUT2D eigenvalue weighted by molar-refractivity contribution is 6.21. The summed E-state index contributed by atoms with van der Waals surface area (Å²) in [7, 11) is 0. The van der Waals surface area contributed by atoms with Crippen molar-refractivity contribution in [3.8, 4) is 0 Å². The molecule has 1 N–H and O–H groups in total. The average molecular weight is 472 g/mol. The Hall–Kier alpha value is -3.56. The first-order valence-electron chi connectivity index (χ1n) is 10.1. The maximum Gasteiger partial charge on any atom is 0.351 e. The lowest BCUT2D eigenvalue weighted by Crippen LogP contribution is -2.32. The minimum Gasteiger partial charge on any atom is -0.459 e. The minimum atomic E-state index is -1.69. The second kappa shape index (κ2) is 9.93. The number of anilines is 1. The Morgan fingerprint density at radius 2 is 1.70 bits per heavy atom. The first-order valence-corrected chi connectivity index (χ1v) is 10.5. The van der Waals surface area contributed by atoms with Crippen molar-refractivity contribution in [2.45, 2.75) is 23.9 Å². The van der Waals surface area contributed by atoms with Crippen LogP contribution in [-0.4, -0.2) is 45.7 Å². The number of nitrogens with zero attached hydrogens (tertiary/aromatic N) is 2. The van der Waals surface area contributed by atoms with Crippen LogP contribution in [0, 0.1) is 0 Å². The molecule has 0 unspecified atom stereocenters. The van der Waals surface area contributed by atoms with E-state index in [1.54, 1.807) is 60.7 Å². The van der Waals surface area contributed by atoms with Gasteiger partial charge in [-0.3, -0.25) is 9.36 Å². The van der Waals surface area contributed by atoms with Gasteiger partial charge in [0.2, 0.25) is 0 Å². The number of alkyl halides is 2. The SMILES string of the molecule is O=C(Nc1ccn([C@H]2O[C@H](COC(=O)c3ccccc3)[C@@H](F)[C@H]2Cl)c(=O)n1)c1ccccc1. The fourth-order valence-electron chi connectivity index (χ4n) is 3.31. The van der Waals surface area contributed by atoms with Crippen LogP contribution in [0.4, 0.5) is 10.2 Å². The van der Waals surface area contributed by atoms with Gasteiger partial charge in [-0.2, -0.15) is 4.98 Å². The molecule has 1 aromatic heterocycles. The zero-order chi connectivity index (χ0) is 23.4. The third-order valence-corrected chi connectivity index (χ3v) is 5.47. The molecule has 10 heteroatoms. The number of nitrogens with one attached hydrogen (secondary N) is 1. The van der Waals surface area contributed by atoms with Crippen LogP contribution in [0.2, 0.25) is 0 Å². The maximum atomic E-state index is 14.7. The average Bonchev–Trinajstić information content (AvgIpc) is 3.12. The molecule has 2 heterocycles. The van der Waals surface area contributed by atoms with Gasteiger partial charge in [-0.15, -0.1) is 11.6 Å². The van der Waals surface area contributed by atoms with Gasteiger partial charge in [-0.25, -0.2) is 14.0 Å². The number of carbonyl (C=O) groups excluding carboxylic acids is 2. The standard InChI is InChI=1S/C23H19ClFN3O5/c24-18-19(25)16(13-32-22(30)15-9-5-2-6-10-15)33-21(18)28-12-11-17(27-23(28)31)26-20(29)14-7-3-1-4-8-14/h1-12,16,18-19,21H,13H2,(H,26,27,29,31)/t16-,18-,19-,21+/m1/s1. The fourth-order valence-corrected chi connectivity index (χ4v) is 3.65. The van der Waals surface area contributed by atoms with Crippen molar-refractivity contribution in [1.29, 1.82) is 0 Å². The molecular formula is C23H19ClFN3O5. The number of rotatable bonds is 6. The topological polar surface area (TPSA) is 99.5 Å². The van der Waals surface area contributed by atoms with E-state index in [1.165, 1.54) is 12.3 Å². The van der Waals surface area contributed by atoms with Crippen molar-refractivity contribution in [3.63, 3.8) is 0 Å². The Morgan fingerprint density at radius 3 is 2.33 bits per heavy atom. The minimum absolute atomic E-state index is 0.0272. The van der Waals surface area contributed by atoms with Gasteiger partial charge in [0.25, 0.3) is 5.91 Å². The van der Waals surface area contributed by atoms with Crippen LogP contribution in [0.15, 0.2) is 77.7 Å². The molecule has 0 radical (unpaired) electrons. The van der Waals surface area contributed by atoms with Gasteiger partial charge in [0.05, 0.1) is 5.56 Å². The van der Waals surface area contributed by atoms with Gasteiger partial charge >= 0.3 is 11.7 Å². The number of benzene rings is 2. The lowest BCUT2D eigenvalue weighted by atomic mass is 10.2. The van der Waals surface area contributed by atoms with Gasteiger partial charge < -0.3 is 14.8 Å². The quantitative estimate of drug-likeness (QED) is 0.438. The second-order valence-electron chi connectivity index (χ2n) is 7.24. The molecule has 33 heavy (non-hydrogen) atoms. The number of carbonyl (C=O) groups is 2. The molecule has 170 valence electrons. The molecular weight excluding hydrogens is 453 g/mol. The molecule has 3 aromatic rings. The molecule has 2 aromatic carbocycles. The highest BCUT2D eigenvalue weighted by Crippen LogP contribution is 2.35. The fraction of sp³-hybridized carbons (Fsp3) is 0.217. The Balaban J connectivity index is 1.41. The van der Waals surface area contributed by atoms with Gasteiger partial charge in [-0.1, -0.05) is 36.4 Å². The Kier molecular flexibility index (Phi) is 6.81. The van der Waals surface area contributed by atoms with Gasteiger partial charge in [0.1, 0.15) is 23.9 Å². The van der Waals surface area contributed by atoms with Crippen LogP contribution in [-0.2, 0) is 9.47 Å². The zero-order valence-electron chi connectivity index (χ0n) is 17.1. The van der Waals surface area contributed by atoms with E-state index in [0.29, 0.717) is 11.1 Å². The summed E-state index contributed by atoms with van der Waals surface area (Å²) < 4.78 is 26.4. The Labute approximate surface area is 192 Å². The summed E-state index contributed by atoms with van der Waals surface area (Å²) in [6, 6.07) is 18.1. The van der Waals surface area contributed by atoms with Gasteiger partial charge in [0, 0.05) is 11.8 Å². The summed E-state index contributed by atoms with van der Waals surface area (Å²) in [6.45, 7) is -0.373. The van der Waals surface area contributed by atoms with Crippen molar-refractivity contribution in [1.82, 2.24) is 9.55 Å². The summed E-state index contributed by atoms with van der Waals surface area (Å²) in [5, 5.41) is 1.31. The third-order valence-electron chi connectivity index (χ3n) is 5.02. The van der Waals surface area contributed by atoms with Gasteiger partial charge in [-0.05, 0) is 30.3 Å². The number of hydrogen-bond donors (Lipinski definition) is 1. The van der Waals surface area contributed by atoms with Crippen LogP contribution in [0.3, 0.4) is 0 Å². The van der Waals surface area contributed by atoms with E-state index in [-0.39, 0.29) is 12.4 Å². The number of amides is 1. The molecule has 4 rings (SSSR count).